The van der Waals surface area contributed by atoms with Crippen molar-refractivity contribution in [3.8, 4) is 6.07 Å². The Morgan fingerprint density at radius 2 is 2.03 bits per heavy atom. The molecule has 4 unspecified atom stereocenters. The Hall–Kier alpha value is -2.75. The van der Waals surface area contributed by atoms with Crippen LogP contribution in [0.1, 0.15) is 53.0 Å². The van der Waals surface area contributed by atoms with Gasteiger partial charge in [0.05, 0.1) is 35.0 Å². The van der Waals surface area contributed by atoms with Crippen LogP contribution in [0.4, 0.5) is 10.1 Å². The number of halogens is 1. The molecule has 9 heteroatoms. The number of piperidine rings is 1. The summed E-state index contributed by atoms with van der Waals surface area (Å²) in [4.78, 5) is 28.8. The molecule has 3 aliphatic rings. The number of anilines is 1. The van der Waals surface area contributed by atoms with Gasteiger partial charge in [-0.2, -0.15) is 5.26 Å². The van der Waals surface area contributed by atoms with Crippen LogP contribution in [0.5, 0.6) is 0 Å². The molecule has 1 amide bonds. The third-order valence-corrected chi connectivity index (χ3v) is 9.40. The summed E-state index contributed by atoms with van der Waals surface area (Å²) in [5.41, 5.74) is 2.70. The van der Waals surface area contributed by atoms with Crippen molar-refractivity contribution in [1.29, 1.82) is 5.26 Å². The molecule has 3 fully saturated rings. The summed E-state index contributed by atoms with van der Waals surface area (Å²) in [5.74, 6) is 1.16. The zero-order valence-electron chi connectivity index (χ0n) is 21.1. The van der Waals surface area contributed by atoms with Gasteiger partial charge in [-0.15, -0.1) is 0 Å². The number of nitriles is 1. The van der Waals surface area contributed by atoms with Crippen molar-refractivity contribution in [2.75, 3.05) is 32.0 Å². The molecule has 7 atom stereocenters. The fourth-order valence-corrected chi connectivity index (χ4v) is 6.59. The molecule has 2 saturated carbocycles. The van der Waals surface area contributed by atoms with Crippen LogP contribution in [0.2, 0.25) is 0 Å². The maximum absolute atomic E-state index is 14.8. The number of nitrogens with zero attached hydrogens (tertiary/aromatic N) is 3. The number of rotatable bonds is 7. The van der Waals surface area contributed by atoms with E-state index in [1.807, 2.05) is 19.9 Å². The monoisotopic (exact) mass is 509 g/mol. The Morgan fingerprint density at radius 3 is 2.64 bits per heavy atom. The van der Waals surface area contributed by atoms with Crippen LogP contribution in [0, 0.1) is 41.9 Å². The molecule has 5 rings (SSSR count). The lowest BCUT2D eigenvalue weighted by atomic mass is 9.98. The Balaban J connectivity index is 1.41. The predicted molar refractivity (Wildman–Crippen MR) is 141 cm³/mol. The minimum atomic E-state index is -1.56. The van der Waals surface area contributed by atoms with E-state index in [1.54, 1.807) is 19.1 Å². The Labute approximate surface area is 213 Å². The Bertz CT molecular complexity index is 1310. The lowest BCUT2D eigenvalue weighted by molar-refractivity contribution is 0.0939. The highest BCUT2D eigenvalue weighted by Crippen LogP contribution is 2.61. The van der Waals surface area contributed by atoms with Crippen molar-refractivity contribution < 1.29 is 9.18 Å². The van der Waals surface area contributed by atoms with Gasteiger partial charge in [0, 0.05) is 37.8 Å². The predicted octanol–water partition coefficient (Wildman–Crippen LogP) is 3.47. The van der Waals surface area contributed by atoms with E-state index in [1.165, 1.54) is 16.8 Å². The summed E-state index contributed by atoms with van der Waals surface area (Å²) in [6.07, 6.45) is 1.50. The number of likely N-dealkylation sites (tertiary alicyclic amines) is 1. The highest BCUT2D eigenvalue weighted by Gasteiger charge is 2.62. The highest BCUT2D eigenvalue weighted by atomic mass is 31.0. The van der Waals surface area contributed by atoms with Crippen LogP contribution in [0.15, 0.2) is 35.3 Å². The number of benzene rings is 1. The van der Waals surface area contributed by atoms with Gasteiger partial charge in [-0.05, 0) is 55.8 Å². The van der Waals surface area contributed by atoms with Gasteiger partial charge in [-0.3, -0.25) is 9.59 Å². The number of aromatic nitrogens is 1. The number of amides is 1. The van der Waals surface area contributed by atoms with E-state index < -0.39 is 11.5 Å². The summed E-state index contributed by atoms with van der Waals surface area (Å²) in [6, 6.07) is 8.06. The molecule has 190 valence electrons. The SMILES string of the molecule is Cc1c(C#N)cccc1[C@@H](C)NC(=O)c1cn([C@H]2[C@H](C)C2(F)P)c(=O)cc1NCC1C2CN(C)CC12. The highest BCUT2D eigenvalue weighted by molar-refractivity contribution is 7.19. The molecule has 1 saturated heterocycles. The Kier molecular flexibility index (Phi) is 6.21. The van der Waals surface area contributed by atoms with Crippen LogP contribution >= 0.6 is 9.24 Å². The van der Waals surface area contributed by atoms with Crippen LogP contribution < -0.4 is 16.2 Å². The van der Waals surface area contributed by atoms with E-state index in [4.69, 9.17) is 0 Å². The molecule has 36 heavy (non-hydrogen) atoms. The van der Waals surface area contributed by atoms with E-state index >= 15 is 0 Å². The fourth-order valence-electron chi connectivity index (χ4n) is 6.06. The molecule has 7 nitrogen and oxygen atoms in total. The van der Waals surface area contributed by atoms with Gasteiger partial charge in [0.1, 0.15) is 5.41 Å². The summed E-state index contributed by atoms with van der Waals surface area (Å²) in [6.45, 7) is 8.34. The van der Waals surface area contributed by atoms with E-state index in [2.05, 4.69) is 37.9 Å². The maximum Gasteiger partial charge on any atom is 0.255 e. The number of carbonyl (C=O) groups excluding carboxylic acids is 1. The summed E-state index contributed by atoms with van der Waals surface area (Å²) in [7, 11) is 4.33. The summed E-state index contributed by atoms with van der Waals surface area (Å²) >= 11 is 0. The third-order valence-electron chi connectivity index (χ3n) is 8.53. The number of pyridine rings is 1. The molecule has 0 radical (unpaired) electrons. The molecule has 2 N–H and O–H groups in total. The Morgan fingerprint density at radius 1 is 1.36 bits per heavy atom. The van der Waals surface area contributed by atoms with E-state index in [-0.39, 0.29) is 23.4 Å². The van der Waals surface area contributed by atoms with Gasteiger partial charge < -0.3 is 20.1 Å². The van der Waals surface area contributed by atoms with Crippen LogP contribution in [0.25, 0.3) is 0 Å². The van der Waals surface area contributed by atoms with E-state index in [0.29, 0.717) is 41.1 Å². The quantitative estimate of drug-likeness (QED) is 0.558. The van der Waals surface area contributed by atoms with Crippen LogP contribution in [-0.4, -0.2) is 47.5 Å². The molecule has 2 aromatic rings. The zero-order chi connectivity index (χ0) is 25.9. The topological polar surface area (TPSA) is 90.2 Å². The van der Waals surface area contributed by atoms with Gasteiger partial charge in [-0.25, -0.2) is 4.39 Å². The second kappa shape index (κ2) is 8.97. The first-order chi connectivity index (χ1) is 17.0. The lowest BCUT2D eigenvalue weighted by Crippen LogP contribution is -2.31. The average Bonchev–Trinajstić information content (AvgIpc) is 3.52. The normalized spacial score (nSPS) is 31.3. The van der Waals surface area contributed by atoms with E-state index in [0.717, 1.165) is 24.2 Å². The van der Waals surface area contributed by atoms with Crippen molar-refractivity contribution in [2.45, 2.75) is 38.3 Å². The van der Waals surface area contributed by atoms with Gasteiger partial charge in [0.15, 0.2) is 0 Å². The third kappa shape index (κ3) is 4.23. The second-order valence-electron chi connectivity index (χ2n) is 10.8. The largest absolute Gasteiger partial charge is 0.384 e. The average molecular weight is 510 g/mol. The molecule has 0 bridgehead atoms. The number of nitrogens with one attached hydrogen (secondary N) is 2. The minimum absolute atomic E-state index is 0.318. The number of hydrogen-bond donors (Lipinski definition) is 2. The molecule has 0 spiro atoms. The van der Waals surface area contributed by atoms with Gasteiger partial charge in [-0.1, -0.05) is 28.3 Å². The number of fused-ring (bicyclic) bond motifs is 1. The lowest BCUT2D eigenvalue weighted by Gasteiger charge is -2.20. The molecule has 2 heterocycles. The van der Waals surface area contributed by atoms with Crippen molar-refractivity contribution in [2.24, 2.45) is 23.7 Å². The fraction of sp³-hybridized carbons (Fsp3) is 0.519. The zero-order valence-corrected chi connectivity index (χ0v) is 22.2. The molecular formula is C27H33FN5O2P. The molecule has 1 aliphatic heterocycles. The van der Waals surface area contributed by atoms with Crippen LogP contribution in [0.3, 0.4) is 0 Å². The molecule has 1 aromatic carbocycles. The van der Waals surface area contributed by atoms with Crippen molar-refractivity contribution >= 4 is 20.8 Å². The van der Waals surface area contributed by atoms with Crippen molar-refractivity contribution in [3.63, 3.8) is 0 Å². The second-order valence-corrected chi connectivity index (χ2v) is 11.7. The standard InChI is InChI=1S/C27H33FN5O2P/c1-14-17(9-29)6-5-7-18(14)16(3)31-26(35)22-13-33(25-15(2)27(25,28)36)24(34)8-23(22)30-10-19-20-11-32(4)12-21(19)20/h5-8,13,15-16,19-21,25,30H,10-12,36H2,1-4H3,(H,31,35)/t15-,16+,19?,20?,21?,25-,27?/m0/s1. The summed E-state index contributed by atoms with van der Waals surface area (Å²) in [5, 5.41) is 14.2. The van der Waals surface area contributed by atoms with Gasteiger partial charge in [0.25, 0.3) is 11.5 Å². The first-order valence-electron chi connectivity index (χ1n) is 12.5. The first kappa shape index (κ1) is 24.9. The minimum Gasteiger partial charge on any atom is -0.384 e. The van der Waals surface area contributed by atoms with E-state index in [9.17, 15) is 19.2 Å². The maximum atomic E-state index is 14.8. The van der Waals surface area contributed by atoms with Crippen molar-refractivity contribution in [3.05, 3.63) is 63.1 Å². The number of carbonyl (C=O) groups is 1. The smallest absolute Gasteiger partial charge is 0.255 e. The first-order valence-corrected chi connectivity index (χ1v) is 13.1. The molecule has 2 aliphatic carbocycles. The van der Waals surface area contributed by atoms with Crippen LogP contribution in [-0.2, 0) is 0 Å². The number of alkyl halides is 1. The van der Waals surface area contributed by atoms with Crippen molar-refractivity contribution in [1.82, 2.24) is 14.8 Å². The number of hydrogen-bond acceptors (Lipinski definition) is 5. The summed E-state index contributed by atoms with van der Waals surface area (Å²) < 4.78 is 16.1. The van der Waals surface area contributed by atoms with Gasteiger partial charge in [0.2, 0.25) is 0 Å². The van der Waals surface area contributed by atoms with Gasteiger partial charge >= 0.3 is 0 Å². The molecular weight excluding hydrogens is 476 g/mol. The molecule has 1 aromatic heterocycles.